The number of nitrogens with zero attached hydrogens (tertiary/aromatic N) is 9. The van der Waals surface area contributed by atoms with Gasteiger partial charge in [-0.1, -0.05) is 76.4 Å². The summed E-state index contributed by atoms with van der Waals surface area (Å²) in [6.07, 6.45) is 22.3. The van der Waals surface area contributed by atoms with E-state index in [2.05, 4.69) is 44.7 Å². The fraction of sp³-hybridized carbons (Fsp3) is 0.240. The topological polar surface area (TPSA) is 565 Å². The van der Waals surface area contributed by atoms with Gasteiger partial charge in [-0.15, -0.1) is 19.3 Å². The van der Waals surface area contributed by atoms with Crippen LogP contribution in [0.5, 0.6) is 34.5 Å². The van der Waals surface area contributed by atoms with Crippen LogP contribution in [-0.2, 0) is 91.2 Å². The molecule has 0 aliphatic carbocycles. The predicted octanol–water partition coefficient (Wildman–Crippen LogP) is 8.72. The van der Waals surface area contributed by atoms with E-state index in [4.69, 9.17) is 69.5 Å². The number of anilines is 3. The van der Waals surface area contributed by atoms with E-state index in [1.54, 1.807) is 34.9 Å². The van der Waals surface area contributed by atoms with Crippen LogP contribution in [0.1, 0.15) is 110 Å². The van der Waals surface area contributed by atoms with E-state index in [-0.39, 0.29) is 96.8 Å². The van der Waals surface area contributed by atoms with Gasteiger partial charge < -0.3 is 75.2 Å². The van der Waals surface area contributed by atoms with E-state index in [0.717, 1.165) is 78.4 Å². The molecule has 6 heterocycles. The number of benzene rings is 6. The van der Waals surface area contributed by atoms with E-state index in [1.807, 2.05) is 58.1 Å². The van der Waals surface area contributed by atoms with Crippen LogP contribution in [0.4, 0.5) is 17.5 Å². The number of aromatic nitrogens is 9. The number of carbonyl (C=O) groups excluding carboxylic acids is 3. The van der Waals surface area contributed by atoms with Gasteiger partial charge in [0.25, 0.3) is 17.7 Å². The number of unbranched alkanes of at least 4 members (excludes halogenated alkanes) is 3. The molecule has 0 aliphatic heterocycles. The van der Waals surface area contributed by atoms with Crippen LogP contribution in [0.2, 0.25) is 0 Å². The molecule has 19 N–H and O–H groups in total. The highest BCUT2D eigenvalue weighted by atomic mass is 31.2. The summed E-state index contributed by atoms with van der Waals surface area (Å²) in [5.74, 6) is 6.22. The van der Waals surface area contributed by atoms with Crippen LogP contribution in [0.3, 0.4) is 0 Å². The Morgan fingerprint density at radius 3 is 1.06 bits per heavy atom. The van der Waals surface area contributed by atoms with Crippen molar-refractivity contribution in [1.82, 2.24) is 59.6 Å². The maximum atomic E-state index is 11.7. The zero-order valence-corrected chi connectivity index (χ0v) is 65.3. The lowest BCUT2D eigenvalue weighted by atomic mass is 10.1. The summed E-state index contributed by atoms with van der Waals surface area (Å²) in [6, 6.07) is 27.7. The highest BCUT2D eigenvalue weighted by Crippen LogP contribution is 2.46. The standard InChI is InChI=1S/C25H27N5O9P2.2C25H26N5O6P/c1-3-5-6-21-29-23-24(18-9-7-15(13-27-22(31)4-2)11-19(18)28-25(23)26)30(21)14-16-12-17(38-40(32,33)34)8-10-20(16)39-41(35,36)37;1-3-5-6-21-29-23-24(30(21)14-16-12-17(8-10-20(16)31)36-37(33,34)35)18-9-7-15(13-27-22(32)4-2)11-19(18)28-25(23)26;1-3-5-6-21-29-23-24(30(21)14-16-12-17(31)8-10-20(16)36-37(33,34)35)18-9-7-15(13-27-22(32)4-2)11-19(18)28-25(23)26/h2,7-12H,3,5-6,13-14H2,1H3,(H2,26,28)(H,27,31)(H2,32,33,34)(H2,35,36,37);2*2,7-12,31H,3,5-6,13-14H2,1H3,(H2,26,28)(H,27,32)(H2,33,34,35). The minimum atomic E-state index is -5.00. The lowest BCUT2D eigenvalue weighted by Crippen LogP contribution is -2.20. The van der Waals surface area contributed by atoms with Crippen molar-refractivity contribution in [2.24, 2.45) is 0 Å². The van der Waals surface area contributed by atoms with E-state index in [0.29, 0.717) is 103 Å². The molecule has 0 spiro atoms. The number of nitrogens with one attached hydrogen (secondary N) is 3. The van der Waals surface area contributed by atoms with Crippen molar-refractivity contribution in [3.8, 4) is 71.5 Å². The predicted molar refractivity (Wildman–Crippen MR) is 427 cm³/mol. The van der Waals surface area contributed by atoms with Crippen molar-refractivity contribution in [2.75, 3.05) is 17.2 Å². The summed E-state index contributed by atoms with van der Waals surface area (Å²) in [4.78, 5) is 137. The molecular formula is C75H79N15O21P4. The number of phosphoric ester groups is 4. The summed E-state index contributed by atoms with van der Waals surface area (Å²) in [7, 11) is -19.6. The molecule has 0 bridgehead atoms. The second-order valence-corrected chi connectivity index (χ2v) is 30.6. The maximum absolute atomic E-state index is 11.7. The highest BCUT2D eigenvalue weighted by molar-refractivity contribution is 7.47. The van der Waals surface area contributed by atoms with Crippen LogP contribution in [0.15, 0.2) is 109 Å². The number of aromatic hydroxyl groups is 2. The van der Waals surface area contributed by atoms with Gasteiger partial charge in [0, 0.05) is 71.7 Å². The second kappa shape index (κ2) is 36.3. The van der Waals surface area contributed by atoms with Crippen LogP contribution >= 0.6 is 31.3 Å². The van der Waals surface area contributed by atoms with Crippen molar-refractivity contribution in [2.45, 2.75) is 118 Å². The molecule has 0 unspecified atom stereocenters. The first-order chi connectivity index (χ1) is 54.5. The summed E-state index contributed by atoms with van der Waals surface area (Å²) >= 11 is 0. The fourth-order valence-corrected chi connectivity index (χ4v) is 14.2. The normalized spacial score (nSPS) is 11.7. The Morgan fingerprint density at radius 1 is 0.417 bits per heavy atom. The SMILES string of the molecule is C#CC(=O)NCc1ccc2c(c1)nc(N)c1nc(CCCC)n(Cc3cc(O)ccc3OP(=O)(O)O)c12.C#CC(=O)NCc1ccc2c(c1)nc(N)c1nc(CCCC)n(Cc3cc(OP(=O)(O)O)ccc3O)c12.C#CC(=O)NCc1ccc2c(c1)nc(N)c1nc(CCCC)n(Cc3cc(OP(=O)(O)O)ccc3OP(=O)(O)O)c12. The van der Waals surface area contributed by atoms with Crippen molar-refractivity contribution in [1.29, 1.82) is 0 Å². The molecule has 0 fully saturated rings. The van der Waals surface area contributed by atoms with Gasteiger partial charge in [-0.2, -0.15) is 0 Å². The van der Waals surface area contributed by atoms with Crippen molar-refractivity contribution >= 4 is 132 Å². The van der Waals surface area contributed by atoms with Gasteiger partial charge in [0.2, 0.25) is 0 Å². The molecule has 12 aromatic rings. The number of phenols is 2. The molecule has 600 valence electrons. The first kappa shape index (κ1) is 85.3. The number of carbonyl (C=O) groups is 3. The van der Waals surface area contributed by atoms with Crippen LogP contribution in [0, 0.1) is 37.0 Å². The van der Waals surface area contributed by atoms with Crippen molar-refractivity contribution in [3.05, 3.63) is 160 Å². The lowest BCUT2D eigenvalue weighted by molar-refractivity contribution is -0.116. The third-order valence-corrected chi connectivity index (χ3v) is 19.3. The first-order valence-corrected chi connectivity index (χ1v) is 41.3. The number of fused-ring (bicyclic) bond motifs is 9. The smallest absolute Gasteiger partial charge is 0.508 e. The van der Waals surface area contributed by atoms with Gasteiger partial charge in [0.05, 0.1) is 52.7 Å². The summed E-state index contributed by atoms with van der Waals surface area (Å²) in [5, 5.41) is 30.6. The Kier molecular flexibility index (Phi) is 26.9. The Morgan fingerprint density at radius 2 is 0.730 bits per heavy atom. The van der Waals surface area contributed by atoms with Crippen LogP contribution < -0.4 is 51.2 Å². The Hall–Kier alpha value is -12.2. The molecule has 0 aliphatic rings. The third kappa shape index (κ3) is 22.0. The number of hydrogen-bond donors (Lipinski definition) is 16. The number of terminal acetylenes is 3. The van der Waals surface area contributed by atoms with Gasteiger partial charge in [-0.05, 0) is 127 Å². The largest absolute Gasteiger partial charge is 0.524 e. The Bertz CT molecular complexity index is 6110. The van der Waals surface area contributed by atoms with E-state index in [9.17, 15) is 82.0 Å². The molecule has 12 rings (SSSR count). The van der Waals surface area contributed by atoms with E-state index >= 15 is 0 Å². The minimum Gasteiger partial charge on any atom is -0.508 e. The Balaban J connectivity index is 0.000000183. The maximum Gasteiger partial charge on any atom is 0.524 e. The van der Waals surface area contributed by atoms with Gasteiger partial charge in [-0.3, -0.25) is 53.5 Å². The lowest BCUT2D eigenvalue weighted by Gasteiger charge is -2.17. The number of amides is 3. The summed E-state index contributed by atoms with van der Waals surface area (Å²) in [5.41, 5.74) is 27.1. The fourth-order valence-electron chi connectivity index (χ4n) is 12.5. The average Bonchev–Trinajstić information content (AvgIpc) is 1.62. The number of pyridine rings is 3. The number of nitrogen functional groups attached to an aromatic ring is 3. The zero-order chi connectivity index (χ0) is 83.4. The van der Waals surface area contributed by atoms with Crippen molar-refractivity contribution < 1.29 is 100 Å². The summed E-state index contributed by atoms with van der Waals surface area (Å²) in [6.45, 7) is 6.87. The van der Waals surface area contributed by atoms with Gasteiger partial charge >= 0.3 is 31.3 Å². The number of phosphoric acid groups is 4. The zero-order valence-electron chi connectivity index (χ0n) is 61.7. The number of phenolic OH excluding ortho intramolecular Hbond substituents is 2. The third-order valence-electron chi connectivity index (χ3n) is 17.6. The molecule has 40 heteroatoms. The quantitative estimate of drug-likeness (QED) is 0.0154. The number of nitrogens with two attached hydrogens (primary N) is 3. The number of hydrogen-bond acceptors (Lipinski definition) is 22. The summed E-state index contributed by atoms with van der Waals surface area (Å²) < 4.78 is 70.8. The molecule has 6 aromatic carbocycles. The molecule has 6 aromatic heterocycles. The average molecular weight is 1650 g/mol. The number of aryl methyl sites for hydroxylation is 3. The molecule has 0 atom stereocenters. The molecule has 0 saturated carbocycles. The molecule has 115 heavy (non-hydrogen) atoms. The minimum absolute atomic E-state index is 0.0627. The molecule has 0 radical (unpaired) electrons. The van der Waals surface area contributed by atoms with Crippen molar-refractivity contribution in [3.63, 3.8) is 0 Å². The van der Waals surface area contributed by atoms with Gasteiger partial charge in [-0.25, -0.2) is 48.2 Å². The molecule has 3 amide bonds. The monoisotopic (exact) mass is 1650 g/mol. The van der Waals surface area contributed by atoms with Gasteiger partial charge in [0.1, 0.15) is 68.5 Å². The van der Waals surface area contributed by atoms with Crippen LogP contribution in [-0.4, -0.2) is 111 Å². The first-order valence-electron chi connectivity index (χ1n) is 35.2. The van der Waals surface area contributed by atoms with Crippen LogP contribution in [0.25, 0.3) is 65.8 Å². The van der Waals surface area contributed by atoms with E-state index < -0.39 is 49.0 Å². The second-order valence-electron chi connectivity index (χ2n) is 26.0. The molecular weight excluding hydrogens is 1570 g/mol. The molecule has 36 nitrogen and oxygen atoms in total. The number of imidazole rings is 3. The Labute approximate surface area is 655 Å². The van der Waals surface area contributed by atoms with Gasteiger partial charge in [0.15, 0.2) is 17.5 Å². The van der Waals surface area contributed by atoms with E-state index in [1.165, 1.54) is 42.5 Å². The highest BCUT2D eigenvalue weighted by Gasteiger charge is 2.28. The molecule has 0 saturated heterocycles. The number of rotatable bonds is 29.